The highest BCUT2D eigenvalue weighted by molar-refractivity contribution is 6.41. The second-order valence-electron chi connectivity index (χ2n) is 5.59. The predicted molar refractivity (Wildman–Crippen MR) is 111 cm³/mol. The molecule has 3 aromatic rings. The van der Waals surface area contributed by atoms with Crippen LogP contribution in [-0.2, 0) is 4.84 Å². The van der Waals surface area contributed by atoms with Crippen LogP contribution in [0.3, 0.4) is 0 Å². The highest BCUT2D eigenvalue weighted by atomic mass is 35.5. The largest absolute Gasteiger partial charge is 0.371 e. The normalized spacial score (nSPS) is 11.2. The minimum absolute atomic E-state index is 0.0358. The van der Waals surface area contributed by atoms with E-state index in [0.29, 0.717) is 5.56 Å². The lowest BCUT2D eigenvalue weighted by Crippen LogP contribution is -2.07. The lowest BCUT2D eigenvalue weighted by molar-refractivity contribution is 0.0516. The molecule has 29 heavy (non-hydrogen) atoms. The van der Waals surface area contributed by atoms with Gasteiger partial charge in [-0.1, -0.05) is 68.8 Å². The van der Waals surface area contributed by atoms with E-state index in [9.17, 15) is 10.1 Å². The van der Waals surface area contributed by atoms with Crippen LogP contribution in [0.1, 0.15) is 21.7 Å². The maximum absolute atomic E-state index is 12.7. The van der Waals surface area contributed by atoms with E-state index >= 15 is 0 Å². The van der Waals surface area contributed by atoms with Crippen LogP contribution in [-0.4, -0.2) is 16.8 Å². The van der Waals surface area contributed by atoms with Crippen LogP contribution in [0.2, 0.25) is 20.1 Å². The molecule has 0 radical (unpaired) electrons. The molecule has 1 heterocycles. The van der Waals surface area contributed by atoms with Gasteiger partial charge in [0.1, 0.15) is 23.1 Å². The van der Waals surface area contributed by atoms with Gasteiger partial charge in [0.25, 0.3) is 0 Å². The monoisotopic (exact) mass is 467 g/mol. The van der Waals surface area contributed by atoms with Gasteiger partial charge in [0, 0.05) is 5.56 Å². The van der Waals surface area contributed by atoms with Crippen LogP contribution in [0.5, 0.6) is 0 Å². The number of hydrogen-bond donors (Lipinski definition) is 0. The summed E-state index contributed by atoms with van der Waals surface area (Å²) < 4.78 is 5.11. The lowest BCUT2D eigenvalue weighted by Gasteiger charge is -2.06. The van der Waals surface area contributed by atoms with Crippen molar-refractivity contribution in [3.05, 3.63) is 73.4 Å². The number of nitrogens with zero attached hydrogens (tertiary/aromatic N) is 3. The molecule has 0 saturated heterocycles. The van der Waals surface area contributed by atoms with Crippen LogP contribution in [0.15, 0.2) is 46.1 Å². The number of carbonyl (C=O) groups is 1. The Balaban J connectivity index is 2.00. The first-order chi connectivity index (χ1) is 13.8. The van der Waals surface area contributed by atoms with Gasteiger partial charge < -0.3 is 9.36 Å². The summed E-state index contributed by atoms with van der Waals surface area (Å²) in [6, 6.07) is 11.3. The van der Waals surface area contributed by atoms with E-state index in [-0.39, 0.29) is 48.4 Å². The van der Waals surface area contributed by atoms with Crippen LogP contribution >= 0.6 is 46.4 Å². The summed E-state index contributed by atoms with van der Waals surface area (Å²) in [6.45, 7) is 1.51. The first-order valence-electron chi connectivity index (χ1n) is 7.89. The lowest BCUT2D eigenvalue weighted by atomic mass is 10.1. The van der Waals surface area contributed by atoms with Crippen molar-refractivity contribution in [2.75, 3.05) is 0 Å². The quantitative estimate of drug-likeness (QED) is 0.253. The summed E-state index contributed by atoms with van der Waals surface area (Å²) in [7, 11) is 0. The molecule has 0 N–H and O–H groups in total. The topological polar surface area (TPSA) is 88.5 Å². The van der Waals surface area contributed by atoms with E-state index in [1.165, 1.54) is 19.1 Å². The van der Waals surface area contributed by atoms with Crippen molar-refractivity contribution in [3.63, 3.8) is 0 Å². The molecular formula is C19H9Cl4N3O3. The second kappa shape index (κ2) is 8.85. The Kier molecular flexibility index (Phi) is 6.46. The summed E-state index contributed by atoms with van der Waals surface area (Å²) in [5.41, 5.74) is 0.222. The number of aryl methyl sites for hydroxylation is 1. The maximum atomic E-state index is 12.7. The second-order valence-corrected chi connectivity index (χ2v) is 7.21. The molecule has 0 unspecified atom stereocenters. The molecule has 0 saturated carbocycles. The van der Waals surface area contributed by atoms with Gasteiger partial charge in [-0.05, 0) is 31.2 Å². The molecule has 2 aromatic carbocycles. The molecule has 0 atom stereocenters. The number of carbonyl (C=O) groups excluding carboxylic acids is 1. The van der Waals surface area contributed by atoms with Gasteiger partial charge in [-0.3, -0.25) is 0 Å². The Morgan fingerprint density at radius 3 is 2.14 bits per heavy atom. The number of oxime groups is 1. The SMILES string of the molecule is Cc1onc(-c2c(Cl)cccc2Cl)c1C(=O)O/N=C(/C#N)c1c(Cl)cccc1Cl. The molecule has 146 valence electrons. The summed E-state index contributed by atoms with van der Waals surface area (Å²) >= 11 is 24.5. The first-order valence-corrected chi connectivity index (χ1v) is 9.40. The summed E-state index contributed by atoms with van der Waals surface area (Å²) in [5, 5.41) is 17.7. The molecule has 6 nitrogen and oxygen atoms in total. The number of hydrogen-bond acceptors (Lipinski definition) is 6. The zero-order valence-electron chi connectivity index (χ0n) is 14.5. The molecular weight excluding hydrogens is 460 g/mol. The minimum Gasteiger partial charge on any atom is -0.360 e. The van der Waals surface area contributed by atoms with E-state index in [4.69, 9.17) is 55.8 Å². The highest BCUT2D eigenvalue weighted by Crippen LogP contribution is 2.37. The van der Waals surface area contributed by atoms with E-state index in [1.807, 2.05) is 0 Å². The van der Waals surface area contributed by atoms with Crippen molar-refractivity contribution in [2.24, 2.45) is 5.16 Å². The molecule has 3 rings (SSSR count). The van der Waals surface area contributed by atoms with E-state index in [2.05, 4.69) is 10.3 Å². The number of rotatable bonds is 4. The smallest absolute Gasteiger partial charge is 0.360 e. The minimum atomic E-state index is -0.925. The summed E-state index contributed by atoms with van der Waals surface area (Å²) in [5.74, 6) is -0.767. The standard InChI is InChI=1S/C19H9Cl4N3O3/c1-9-15(18(26-28-9)17-12(22)6-3-7-13(17)23)19(27)29-25-14(8-24)16-10(20)4-2-5-11(16)21/h2-7H,1H3/b25-14-. The number of nitriles is 1. The van der Waals surface area contributed by atoms with E-state index in [1.54, 1.807) is 30.3 Å². The van der Waals surface area contributed by atoms with Crippen molar-refractivity contribution in [1.29, 1.82) is 5.26 Å². The highest BCUT2D eigenvalue weighted by Gasteiger charge is 2.27. The Bertz CT molecular complexity index is 1140. The Hall–Kier alpha value is -2.56. The van der Waals surface area contributed by atoms with Crippen molar-refractivity contribution in [1.82, 2.24) is 5.16 Å². The number of benzene rings is 2. The third kappa shape index (κ3) is 4.24. The Labute approximate surface area is 185 Å². The fourth-order valence-corrected chi connectivity index (χ4v) is 3.64. The van der Waals surface area contributed by atoms with Gasteiger partial charge in [0.05, 0.1) is 25.7 Å². The Morgan fingerprint density at radius 1 is 1.03 bits per heavy atom. The van der Waals surface area contributed by atoms with Gasteiger partial charge in [-0.15, -0.1) is 0 Å². The molecule has 0 aliphatic heterocycles. The maximum Gasteiger partial charge on any atom is 0.371 e. The van der Waals surface area contributed by atoms with Crippen molar-refractivity contribution in [2.45, 2.75) is 6.92 Å². The third-order valence-corrected chi connectivity index (χ3v) is 5.05. The van der Waals surface area contributed by atoms with Crippen LogP contribution in [0, 0.1) is 18.3 Å². The summed E-state index contributed by atoms with van der Waals surface area (Å²) in [6.07, 6.45) is 0. The molecule has 0 aliphatic carbocycles. The van der Waals surface area contributed by atoms with Gasteiger partial charge in [0.15, 0.2) is 5.71 Å². The molecule has 0 fully saturated rings. The number of aromatic nitrogens is 1. The molecule has 0 aliphatic rings. The zero-order valence-corrected chi connectivity index (χ0v) is 17.6. The van der Waals surface area contributed by atoms with Crippen molar-refractivity contribution >= 4 is 58.1 Å². The fourth-order valence-electron chi connectivity index (χ4n) is 2.49. The summed E-state index contributed by atoms with van der Waals surface area (Å²) in [4.78, 5) is 17.6. The fraction of sp³-hybridized carbons (Fsp3) is 0.0526. The third-order valence-electron chi connectivity index (χ3n) is 3.79. The van der Waals surface area contributed by atoms with Gasteiger partial charge in [-0.2, -0.15) is 5.26 Å². The van der Waals surface area contributed by atoms with Gasteiger partial charge >= 0.3 is 5.97 Å². The average Bonchev–Trinajstić information content (AvgIpc) is 3.05. The Morgan fingerprint density at radius 2 is 1.59 bits per heavy atom. The van der Waals surface area contributed by atoms with Crippen LogP contribution in [0.25, 0.3) is 11.3 Å². The zero-order chi connectivity index (χ0) is 21.1. The number of halogens is 4. The van der Waals surface area contributed by atoms with Gasteiger partial charge in [-0.25, -0.2) is 4.79 Å². The van der Waals surface area contributed by atoms with Crippen molar-refractivity contribution in [3.8, 4) is 17.3 Å². The van der Waals surface area contributed by atoms with Gasteiger partial charge in [0.2, 0.25) is 0 Å². The molecule has 0 bridgehead atoms. The first kappa shape index (κ1) is 21.2. The van der Waals surface area contributed by atoms with Crippen molar-refractivity contribution < 1.29 is 14.2 Å². The van der Waals surface area contributed by atoms with E-state index < -0.39 is 5.97 Å². The molecule has 10 heteroatoms. The molecule has 1 aromatic heterocycles. The van der Waals surface area contributed by atoms with Crippen LogP contribution in [0.4, 0.5) is 0 Å². The van der Waals surface area contributed by atoms with Crippen LogP contribution < -0.4 is 0 Å². The van der Waals surface area contributed by atoms with E-state index in [0.717, 1.165) is 0 Å². The average molecular weight is 469 g/mol. The predicted octanol–water partition coefficient (Wildman–Crippen LogP) is 6.35. The molecule has 0 amide bonds. The molecule has 0 spiro atoms.